The minimum absolute atomic E-state index is 0.0397. The summed E-state index contributed by atoms with van der Waals surface area (Å²) in [5.41, 5.74) is 3.60. The second kappa shape index (κ2) is 9.78. The van der Waals surface area contributed by atoms with Crippen molar-refractivity contribution in [2.45, 2.75) is 53.5 Å². The van der Waals surface area contributed by atoms with E-state index in [2.05, 4.69) is 44.4 Å². The van der Waals surface area contributed by atoms with Crippen LogP contribution < -0.4 is 0 Å². The van der Waals surface area contributed by atoms with Crippen molar-refractivity contribution in [3.05, 3.63) is 57.3 Å². The largest absolute Gasteiger partial charge is 0.333 e. The molecule has 1 aliphatic heterocycles. The van der Waals surface area contributed by atoms with Crippen LogP contribution in [0.1, 0.15) is 61.7 Å². The van der Waals surface area contributed by atoms with E-state index in [0.717, 1.165) is 6.42 Å². The zero-order valence-corrected chi connectivity index (χ0v) is 19.7. The van der Waals surface area contributed by atoms with E-state index in [1.54, 1.807) is 16.2 Å². The average Bonchev–Trinajstić information content (AvgIpc) is 3.15. The van der Waals surface area contributed by atoms with Gasteiger partial charge < -0.3 is 9.80 Å². The van der Waals surface area contributed by atoms with Gasteiger partial charge >= 0.3 is 0 Å². The maximum absolute atomic E-state index is 13.5. The number of hydrogen-bond acceptors (Lipinski definition) is 3. The Bertz CT molecular complexity index is 887. The Hall–Kier alpha value is -2.14. The molecule has 0 saturated heterocycles. The molecule has 0 bridgehead atoms. The Labute approximate surface area is 184 Å². The third-order valence-electron chi connectivity index (χ3n) is 5.62. The van der Waals surface area contributed by atoms with Crippen LogP contribution in [0, 0.1) is 18.8 Å². The number of benzene rings is 1. The van der Waals surface area contributed by atoms with Crippen molar-refractivity contribution in [2.75, 3.05) is 19.6 Å². The van der Waals surface area contributed by atoms with Crippen LogP contribution in [0.2, 0.25) is 0 Å². The van der Waals surface area contributed by atoms with Crippen LogP contribution in [0.5, 0.6) is 0 Å². The van der Waals surface area contributed by atoms with Gasteiger partial charge in [0.25, 0.3) is 0 Å². The lowest BCUT2D eigenvalue weighted by Crippen LogP contribution is -2.47. The SMILES string of the molecule is Cc1ccccc1[C@@H]1c2ccsc2CCN1C(=O)CN(CC(C)C)C(=O)CC(C)C. The first-order valence-electron chi connectivity index (χ1n) is 11.0. The Morgan fingerprint density at radius 3 is 2.50 bits per heavy atom. The summed E-state index contributed by atoms with van der Waals surface area (Å²) in [6, 6.07) is 10.4. The first-order chi connectivity index (χ1) is 14.3. The summed E-state index contributed by atoms with van der Waals surface area (Å²) < 4.78 is 0. The summed E-state index contributed by atoms with van der Waals surface area (Å²) in [6.07, 6.45) is 1.36. The molecule has 2 heterocycles. The maximum Gasteiger partial charge on any atom is 0.242 e. The Morgan fingerprint density at radius 2 is 1.83 bits per heavy atom. The lowest BCUT2D eigenvalue weighted by Gasteiger charge is -2.38. The van der Waals surface area contributed by atoms with Crippen molar-refractivity contribution < 1.29 is 9.59 Å². The van der Waals surface area contributed by atoms with Crippen molar-refractivity contribution in [3.63, 3.8) is 0 Å². The topological polar surface area (TPSA) is 40.6 Å². The van der Waals surface area contributed by atoms with Crippen molar-refractivity contribution >= 4 is 23.2 Å². The first-order valence-corrected chi connectivity index (χ1v) is 11.8. The van der Waals surface area contributed by atoms with E-state index in [4.69, 9.17) is 0 Å². The third-order valence-corrected chi connectivity index (χ3v) is 6.61. The molecule has 2 aromatic rings. The van der Waals surface area contributed by atoms with Crippen molar-refractivity contribution in [1.82, 2.24) is 9.80 Å². The molecule has 1 aliphatic rings. The fraction of sp³-hybridized carbons (Fsp3) is 0.520. The van der Waals surface area contributed by atoms with Crippen LogP contribution in [0.25, 0.3) is 0 Å². The van der Waals surface area contributed by atoms with E-state index in [0.29, 0.717) is 25.4 Å². The summed E-state index contributed by atoms with van der Waals surface area (Å²) in [5, 5.41) is 2.13. The summed E-state index contributed by atoms with van der Waals surface area (Å²) in [6.45, 7) is 11.8. The molecule has 2 amide bonds. The normalized spacial score (nSPS) is 16.1. The molecule has 0 N–H and O–H groups in total. The van der Waals surface area contributed by atoms with Crippen molar-refractivity contribution in [3.8, 4) is 0 Å². The molecule has 0 unspecified atom stereocenters. The van der Waals surface area contributed by atoms with E-state index in [1.165, 1.54) is 21.6 Å². The number of hydrogen-bond donors (Lipinski definition) is 0. The van der Waals surface area contributed by atoms with E-state index in [1.807, 2.05) is 30.9 Å². The number of carbonyl (C=O) groups is 2. The minimum Gasteiger partial charge on any atom is -0.333 e. The van der Waals surface area contributed by atoms with Gasteiger partial charge in [-0.15, -0.1) is 11.3 Å². The molecular weight excluding hydrogens is 392 g/mol. The van der Waals surface area contributed by atoms with Gasteiger partial charge in [-0.2, -0.15) is 0 Å². The lowest BCUT2D eigenvalue weighted by atomic mass is 9.90. The molecule has 0 spiro atoms. The van der Waals surface area contributed by atoms with Crippen molar-refractivity contribution in [1.29, 1.82) is 0 Å². The van der Waals surface area contributed by atoms with Crippen LogP contribution >= 0.6 is 11.3 Å². The predicted octanol–water partition coefficient (Wildman–Crippen LogP) is 5.06. The van der Waals surface area contributed by atoms with Gasteiger partial charge in [0.15, 0.2) is 0 Å². The molecule has 30 heavy (non-hydrogen) atoms. The number of nitrogens with zero attached hydrogens (tertiary/aromatic N) is 2. The molecule has 0 radical (unpaired) electrons. The second-order valence-corrected chi connectivity index (χ2v) is 10.2. The molecule has 1 aromatic heterocycles. The molecule has 0 fully saturated rings. The number of fused-ring (bicyclic) bond motifs is 1. The number of carbonyl (C=O) groups excluding carboxylic acids is 2. The van der Waals surface area contributed by atoms with E-state index in [9.17, 15) is 9.59 Å². The number of rotatable bonds is 7. The van der Waals surface area contributed by atoms with Crippen LogP contribution in [-0.2, 0) is 16.0 Å². The van der Waals surface area contributed by atoms with Crippen LogP contribution in [0.15, 0.2) is 35.7 Å². The van der Waals surface area contributed by atoms with Crippen LogP contribution in [0.3, 0.4) is 0 Å². The molecule has 5 heteroatoms. The summed E-state index contributed by atoms with van der Waals surface area (Å²) in [5.74, 6) is 0.724. The molecule has 1 aromatic carbocycles. The van der Waals surface area contributed by atoms with E-state index >= 15 is 0 Å². The summed E-state index contributed by atoms with van der Waals surface area (Å²) in [7, 11) is 0. The van der Waals surface area contributed by atoms with Gasteiger partial charge in [-0.1, -0.05) is 52.0 Å². The van der Waals surface area contributed by atoms with Gasteiger partial charge in [-0.25, -0.2) is 0 Å². The quantitative estimate of drug-likeness (QED) is 0.621. The third kappa shape index (κ3) is 5.12. The van der Waals surface area contributed by atoms with Gasteiger partial charge in [-0.3, -0.25) is 9.59 Å². The standard InChI is InChI=1S/C25H34N2O2S/c1-17(2)14-23(28)26(15-18(3)4)16-24(29)27-12-10-22-21(11-13-30-22)25(27)20-9-7-6-8-19(20)5/h6-9,11,13,17-18,25H,10,12,14-16H2,1-5H3/t25-/m1/s1. The van der Waals surface area contributed by atoms with E-state index < -0.39 is 0 Å². The highest BCUT2D eigenvalue weighted by atomic mass is 32.1. The molecule has 162 valence electrons. The zero-order chi connectivity index (χ0) is 21.8. The smallest absolute Gasteiger partial charge is 0.242 e. The number of amides is 2. The average molecular weight is 427 g/mol. The minimum atomic E-state index is -0.0743. The first kappa shape index (κ1) is 22.5. The zero-order valence-electron chi connectivity index (χ0n) is 18.9. The molecule has 0 aliphatic carbocycles. The number of aryl methyl sites for hydroxylation is 1. The second-order valence-electron chi connectivity index (χ2n) is 9.16. The molecule has 1 atom stereocenters. The highest BCUT2D eigenvalue weighted by Gasteiger charge is 2.34. The fourth-order valence-corrected chi connectivity index (χ4v) is 5.15. The van der Waals surface area contributed by atoms with E-state index in [-0.39, 0.29) is 30.3 Å². The van der Waals surface area contributed by atoms with Crippen molar-refractivity contribution in [2.24, 2.45) is 11.8 Å². The summed E-state index contributed by atoms with van der Waals surface area (Å²) in [4.78, 5) is 31.5. The van der Waals surface area contributed by atoms with Gasteiger partial charge in [0.2, 0.25) is 11.8 Å². The van der Waals surface area contributed by atoms with Gasteiger partial charge in [0.1, 0.15) is 0 Å². The molecule has 0 saturated carbocycles. The Balaban J connectivity index is 1.89. The lowest BCUT2D eigenvalue weighted by molar-refractivity contribution is -0.142. The van der Waals surface area contributed by atoms with Gasteiger partial charge in [-0.05, 0) is 53.3 Å². The fourth-order valence-electron chi connectivity index (χ4n) is 4.24. The van der Waals surface area contributed by atoms with Gasteiger partial charge in [0.05, 0.1) is 12.6 Å². The monoisotopic (exact) mass is 426 g/mol. The van der Waals surface area contributed by atoms with Crippen LogP contribution in [0.4, 0.5) is 0 Å². The molecular formula is C25H34N2O2S. The molecule has 4 nitrogen and oxygen atoms in total. The van der Waals surface area contributed by atoms with Crippen LogP contribution in [-0.4, -0.2) is 41.2 Å². The summed E-state index contributed by atoms with van der Waals surface area (Å²) >= 11 is 1.77. The molecule has 3 rings (SSSR count). The predicted molar refractivity (Wildman–Crippen MR) is 124 cm³/mol. The Morgan fingerprint density at radius 1 is 1.10 bits per heavy atom. The maximum atomic E-state index is 13.5. The van der Waals surface area contributed by atoms with Gasteiger partial charge in [0, 0.05) is 24.4 Å². The highest BCUT2D eigenvalue weighted by Crippen LogP contribution is 2.39. The highest BCUT2D eigenvalue weighted by molar-refractivity contribution is 7.10. The number of thiophene rings is 1. The Kier molecular flexibility index (Phi) is 7.35.